The number of rotatable bonds is 36. The number of ether oxygens (including phenoxy) is 10. The Balaban J connectivity index is 0.000000576. The van der Waals surface area contributed by atoms with Gasteiger partial charge in [-0.05, 0) is 23.6 Å². The van der Waals surface area contributed by atoms with Gasteiger partial charge < -0.3 is 57.6 Å². The number of hydroxylamine groups is 2. The van der Waals surface area contributed by atoms with E-state index in [2.05, 4.69) is 20.5 Å². The molecule has 23 nitrogen and oxygen atoms in total. The Hall–Kier alpha value is -4.95. The summed E-state index contributed by atoms with van der Waals surface area (Å²) in [7, 11) is -4.14. The number of carboxylic acids is 2. The Morgan fingerprint density at radius 1 is 0.652 bits per heavy atom. The van der Waals surface area contributed by atoms with E-state index < -0.39 is 33.9 Å². The molecule has 2 aromatic carbocycles. The van der Waals surface area contributed by atoms with Gasteiger partial charge in [-0.3, -0.25) is 19.2 Å². The molecule has 0 bridgehead atoms. The van der Waals surface area contributed by atoms with Gasteiger partial charge in [0.25, 0.3) is 21.9 Å². The molecule has 0 fully saturated rings. The molecule has 363 valence electrons. The minimum absolute atomic E-state index is 0. The molecule has 4 rings (SSSR count). The smallest absolute Gasteiger partial charge is 0.305 e. The van der Waals surface area contributed by atoms with Gasteiger partial charge in [-0.25, -0.2) is 4.68 Å². The van der Waals surface area contributed by atoms with Gasteiger partial charge >= 0.3 is 11.9 Å². The summed E-state index contributed by atoms with van der Waals surface area (Å²) in [6.45, 7) is 7.41. The lowest BCUT2D eigenvalue weighted by molar-refractivity contribution is -0.139. The third-order valence-corrected chi connectivity index (χ3v) is 8.56. The molecule has 1 aliphatic heterocycles. The average Bonchev–Trinajstić information content (AvgIpc) is 3.75. The molecule has 66 heavy (non-hydrogen) atoms. The van der Waals surface area contributed by atoms with Crippen LogP contribution in [0.15, 0.2) is 36.5 Å². The van der Waals surface area contributed by atoms with E-state index in [9.17, 15) is 27.6 Å². The average molecular weight is 952 g/mol. The second kappa shape index (κ2) is 33.5. The van der Waals surface area contributed by atoms with Gasteiger partial charge in [-0.1, -0.05) is 23.3 Å². The van der Waals surface area contributed by atoms with Crippen LogP contribution in [0.5, 0.6) is 0 Å². The van der Waals surface area contributed by atoms with Gasteiger partial charge in [0.15, 0.2) is 0 Å². The molecule has 0 aliphatic carbocycles. The van der Waals surface area contributed by atoms with Crippen molar-refractivity contribution in [2.24, 2.45) is 0 Å². The molecule has 0 unspecified atom stereocenters. The van der Waals surface area contributed by atoms with Crippen molar-refractivity contribution >= 4 is 53.1 Å². The summed E-state index contributed by atoms with van der Waals surface area (Å²) in [5.41, 5.74) is 1.20. The van der Waals surface area contributed by atoms with Crippen molar-refractivity contribution in [1.29, 1.82) is 0 Å². The number of imide groups is 1. The molecule has 2 heterocycles. The van der Waals surface area contributed by atoms with E-state index in [4.69, 9.17) is 64.0 Å². The molecule has 25 heteroatoms. The summed E-state index contributed by atoms with van der Waals surface area (Å²) >= 11 is 0. The Kier molecular flexibility index (Phi) is 29.0. The Bertz CT molecular complexity index is 2070. The van der Waals surface area contributed by atoms with E-state index >= 15 is 0 Å². The number of nitrogens with zero attached hydrogens (tertiary/aromatic N) is 4. The van der Waals surface area contributed by atoms with Crippen LogP contribution in [-0.2, 0) is 78.0 Å². The molecule has 0 atom stereocenters. The molecule has 3 radical (unpaired) electrons. The van der Waals surface area contributed by atoms with E-state index in [1.54, 1.807) is 24.4 Å². The molecule has 1 aromatic heterocycles. The van der Waals surface area contributed by atoms with E-state index in [1.165, 1.54) is 16.8 Å². The fourth-order valence-corrected chi connectivity index (χ4v) is 5.69. The maximum Gasteiger partial charge on any atom is 0.305 e. The first-order valence-corrected chi connectivity index (χ1v) is 22.1. The summed E-state index contributed by atoms with van der Waals surface area (Å²) in [6.07, 6.45) is 7.36. The number of hydrogen-bond acceptors (Lipinski definition) is 19. The van der Waals surface area contributed by atoms with Gasteiger partial charge in [0.2, 0.25) is 0 Å². The number of aliphatic carboxylic acids is 2. The SMILES string of the molecule is C#CCOCCOCCOCCOCCOCCC(=O)O.CS(=O)(=O)ON1C(=O)c2cccc3cc(-n4cc(COCCOCCOCCOCCOCCC(=O)O)nn4)cc(c23)C1=O.[B]. The van der Waals surface area contributed by atoms with Gasteiger partial charge in [-0.15, -0.1) is 20.9 Å². The monoisotopic (exact) mass is 951 g/mol. The molecule has 3 aromatic rings. The third-order valence-electron chi connectivity index (χ3n) is 8.14. The number of aromatic nitrogens is 3. The molecule has 1 aliphatic rings. The van der Waals surface area contributed by atoms with Crippen molar-refractivity contribution in [2.45, 2.75) is 19.4 Å². The predicted molar refractivity (Wildman–Crippen MR) is 231 cm³/mol. The third kappa shape index (κ3) is 23.5. The van der Waals surface area contributed by atoms with Crippen LogP contribution in [0, 0.1) is 12.3 Å². The Morgan fingerprint density at radius 3 is 1.55 bits per heavy atom. The maximum atomic E-state index is 13.1. The lowest BCUT2D eigenvalue weighted by Gasteiger charge is -2.25. The lowest BCUT2D eigenvalue weighted by Crippen LogP contribution is -2.41. The summed E-state index contributed by atoms with van der Waals surface area (Å²) in [6, 6.07) is 8.06. The molecule has 0 saturated carbocycles. The number of terminal acetylenes is 1. The van der Waals surface area contributed by atoms with Gasteiger partial charge in [0.1, 0.15) is 12.3 Å². The van der Waals surface area contributed by atoms with Crippen molar-refractivity contribution in [3.05, 3.63) is 53.3 Å². The normalized spacial score (nSPS) is 12.2. The first kappa shape index (κ1) is 57.2. The molecular weight excluding hydrogens is 895 g/mol. The van der Waals surface area contributed by atoms with Gasteiger partial charge in [-0.2, -0.15) is 8.42 Å². The topological polar surface area (TPSA) is 278 Å². The number of carbonyl (C=O) groups excluding carboxylic acids is 2. The zero-order chi connectivity index (χ0) is 47.1. The van der Waals surface area contributed by atoms with Crippen LogP contribution < -0.4 is 0 Å². The summed E-state index contributed by atoms with van der Waals surface area (Å²) in [4.78, 5) is 46.4. The fraction of sp³-hybridized carbons (Fsp3) is 0.561. The van der Waals surface area contributed by atoms with Gasteiger partial charge in [0.05, 0.1) is 168 Å². The highest BCUT2D eigenvalue weighted by Crippen LogP contribution is 2.32. The molecular formula is C41H56BN4O19S. The highest BCUT2D eigenvalue weighted by Gasteiger charge is 2.36. The second-order valence-electron chi connectivity index (χ2n) is 13.2. The van der Waals surface area contributed by atoms with Crippen molar-refractivity contribution in [2.75, 3.05) is 132 Å². The molecule has 0 spiro atoms. The summed E-state index contributed by atoms with van der Waals surface area (Å²) < 4.78 is 82.2. The first-order valence-electron chi connectivity index (χ1n) is 20.3. The first-order chi connectivity index (χ1) is 31.4. The van der Waals surface area contributed by atoms with Crippen LogP contribution in [0.25, 0.3) is 16.5 Å². The number of carbonyl (C=O) groups is 4. The summed E-state index contributed by atoms with van der Waals surface area (Å²) in [5.74, 6) is -1.18. The zero-order valence-electron chi connectivity index (χ0n) is 36.7. The van der Waals surface area contributed by atoms with E-state index in [0.717, 1.165) is 6.26 Å². The fourth-order valence-electron chi connectivity index (χ4n) is 5.28. The summed E-state index contributed by atoms with van der Waals surface area (Å²) in [5, 5.41) is 26.3. The van der Waals surface area contributed by atoms with Crippen LogP contribution in [0.2, 0.25) is 0 Å². The molecule has 2 N–H and O–H groups in total. The van der Waals surface area contributed by atoms with Crippen LogP contribution in [-0.4, -0.2) is 203 Å². The van der Waals surface area contributed by atoms with E-state index in [1.807, 2.05) is 0 Å². The molecule has 2 amide bonds. The minimum Gasteiger partial charge on any atom is -0.481 e. The Morgan fingerprint density at radius 2 is 1.09 bits per heavy atom. The van der Waals surface area contributed by atoms with E-state index in [-0.39, 0.29) is 57.3 Å². The predicted octanol–water partition coefficient (Wildman–Crippen LogP) is 0.762. The lowest BCUT2D eigenvalue weighted by atomic mass is 9.94. The van der Waals surface area contributed by atoms with Crippen molar-refractivity contribution in [3.63, 3.8) is 0 Å². The Labute approximate surface area is 384 Å². The largest absolute Gasteiger partial charge is 0.481 e. The van der Waals surface area contributed by atoms with Crippen molar-refractivity contribution in [1.82, 2.24) is 20.1 Å². The van der Waals surface area contributed by atoms with E-state index in [0.29, 0.717) is 134 Å². The minimum atomic E-state index is -4.14. The highest BCUT2D eigenvalue weighted by molar-refractivity contribution is 7.85. The molecule has 0 saturated heterocycles. The number of benzene rings is 2. The van der Waals surface area contributed by atoms with Crippen LogP contribution in [0.1, 0.15) is 39.3 Å². The van der Waals surface area contributed by atoms with Crippen molar-refractivity contribution in [3.8, 4) is 18.0 Å². The number of carboxylic acid groups (broad SMARTS) is 2. The second-order valence-corrected chi connectivity index (χ2v) is 14.8. The van der Waals surface area contributed by atoms with Crippen LogP contribution >= 0.6 is 0 Å². The van der Waals surface area contributed by atoms with Gasteiger partial charge in [0, 0.05) is 13.8 Å². The van der Waals surface area contributed by atoms with Crippen molar-refractivity contribution < 1.29 is 89.5 Å². The number of amides is 2. The zero-order valence-corrected chi connectivity index (χ0v) is 37.5. The number of hydrogen-bond donors (Lipinski definition) is 2. The highest BCUT2D eigenvalue weighted by atomic mass is 32.2. The van der Waals surface area contributed by atoms with Crippen LogP contribution in [0.3, 0.4) is 0 Å². The standard InChI is InChI=1S/C27H32N4O12S.C14H24O7.B/c1-44(36,37)43-31-26(34)22-4-2-3-19-15-21(16-23(25(19)22)27(31)35)30-17-20(28-29-30)18-42-14-13-41-12-11-40-10-9-39-8-7-38-6-5-24(32)33;1-2-4-17-6-8-19-10-12-21-13-11-20-9-7-18-5-3-14(15)16;/h2-4,15-17H,5-14,18H2,1H3,(H,32,33);1H,3-13H2,(H,15,16);. The quantitative estimate of drug-likeness (QED) is 0.0352. The van der Waals surface area contributed by atoms with Crippen LogP contribution in [0.4, 0.5) is 0 Å². The maximum absolute atomic E-state index is 13.1.